The number of halogens is 2. The van der Waals surface area contributed by atoms with Crippen LogP contribution in [0.3, 0.4) is 0 Å². The van der Waals surface area contributed by atoms with Gasteiger partial charge in [0, 0.05) is 18.2 Å². The Bertz CT molecular complexity index is 572. The summed E-state index contributed by atoms with van der Waals surface area (Å²) in [6, 6.07) is 4.69. The second kappa shape index (κ2) is 5.42. The van der Waals surface area contributed by atoms with Crippen molar-refractivity contribution in [1.29, 1.82) is 0 Å². The number of rotatable bonds is 3. The van der Waals surface area contributed by atoms with Gasteiger partial charge < -0.3 is 5.73 Å². The Labute approximate surface area is 110 Å². The van der Waals surface area contributed by atoms with Crippen LogP contribution in [0.15, 0.2) is 24.4 Å². The average molecular weight is 266 g/mol. The highest BCUT2D eigenvalue weighted by Crippen LogP contribution is 2.28. The second-order valence-corrected chi connectivity index (χ2v) is 4.39. The Hall–Kier alpha value is -1.52. The van der Waals surface area contributed by atoms with E-state index in [0.717, 1.165) is 0 Å². The van der Waals surface area contributed by atoms with E-state index in [9.17, 15) is 4.39 Å². The lowest BCUT2D eigenvalue weighted by atomic mass is 10.1. The molecule has 0 radical (unpaired) electrons. The number of nitrogens with two attached hydrogens (primary N) is 1. The van der Waals surface area contributed by atoms with Crippen molar-refractivity contribution in [3.05, 3.63) is 46.6 Å². The highest BCUT2D eigenvalue weighted by atomic mass is 35.5. The molecule has 0 saturated heterocycles. The molecule has 94 valence electrons. The highest BCUT2D eigenvalue weighted by molar-refractivity contribution is 6.33. The third-order valence-electron chi connectivity index (χ3n) is 2.60. The zero-order valence-electron chi connectivity index (χ0n) is 9.95. The summed E-state index contributed by atoms with van der Waals surface area (Å²) >= 11 is 6.11. The SMILES string of the molecule is Cc1cc(Cl)c(-c2ccnc(CCN)n2)cc1F. The maximum atomic E-state index is 13.6. The molecule has 1 aromatic heterocycles. The third-order valence-corrected chi connectivity index (χ3v) is 2.91. The molecule has 0 aliphatic heterocycles. The smallest absolute Gasteiger partial charge is 0.130 e. The summed E-state index contributed by atoms with van der Waals surface area (Å²) in [5, 5.41) is 0.478. The highest BCUT2D eigenvalue weighted by Gasteiger charge is 2.10. The molecular formula is C13H13ClFN3. The van der Waals surface area contributed by atoms with Crippen LogP contribution >= 0.6 is 11.6 Å². The first-order valence-corrected chi connectivity index (χ1v) is 5.97. The van der Waals surface area contributed by atoms with Gasteiger partial charge in [0.25, 0.3) is 0 Å². The van der Waals surface area contributed by atoms with E-state index in [-0.39, 0.29) is 5.82 Å². The Balaban J connectivity index is 2.48. The first-order valence-electron chi connectivity index (χ1n) is 5.60. The number of nitrogens with zero attached hydrogens (tertiary/aromatic N) is 2. The van der Waals surface area contributed by atoms with Crippen molar-refractivity contribution in [2.75, 3.05) is 6.54 Å². The molecule has 0 bridgehead atoms. The van der Waals surface area contributed by atoms with Gasteiger partial charge in [-0.25, -0.2) is 14.4 Å². The average Bonchev–Trinajstić information content (AvgIpc) is 2.34. The number of hydrogen-bond donors (Lipinski definition) is 1. The van der Waals surface area contributed by atoms with Gasteiger partial charge in [-0.05, 0) is 37.2 Å². The molecule has 0 aliphatic carbocycles. The van der Waals surface area contributed by atoms with Gasteiger partial charge in [-0.2, -0.15) is 0 Å². The summed E-state index contributed by atoms with van der Waals surface area (Å²) in [5.74, 6) is 0.334. The first-order chi connectivity index (χ1) is 8.61. The predicted octanol–water partition coefficient (Wildman–Crippen LogP) is 2.75. The van der Waals surface area contributed by atoms with Gasteiger partial charge in [0.1, 0.15) is 11.6 Å². The molecule has 2 rings (SSSR count). The van der Waals surface area contributed by atoms with Crippen LogP contribution in [0.1, 0.15) is 11.4 Å². The molecule has 0 atom stereocenters. The zero-order chi connectivity index (χ0) is 13.1. The molecule has 2 aromatic rings. The number of hydrogen-bond acceptors (Lipinski definition) is 3. The standard InChI is InChI=1S/C13H13ClFN3/c1-8-6-10(14)9(7-11(8)15)12-3-5-17-13(18-12)2-4-16/h3,5-7H,2,4,16H2,1H3. The molecule has 1 heterocycles. The van der Waals surface area contributed by atoms with Crippen LogP contribution < -0.4 is 5.73 Å². The van der Waals surface area contributed by atoms with E-state index in [2.05, 4.69) is 9.97 Å². The van der Waals surface area contributed by atoms with Gasteiger partial charge >= 0.3 is 0 Å². The van der Waals surface area contributed by atoms with Gasteiger partial charge in [-0.15, -0.1) is 0 Å². The van der Waals surface area contributed by atoms with Crippen molar-refractivity contribution >= 4 is 11.6 Å². The molecule has 0 aliphatic rings. The molecule has 18 heavy (non-hydrogen) atoms. The predicted molar refractivity (Wildman–Crippen MR) is 69.9 cm³/mol. The van der Waals surface area contributed by atoms with E-state index in [0.29, 0.717) is 40.6 Å². The molecular weight excluding hydrogens is 253 g/mol. The van der Waals surface area contributed by atoms with Crippen molar-refractivity contribution in [2.45, 2.75) is 13.3 Å². The Kier molecular flexibility index (Phi) is 3.89. The van der Waals surface area contributed by atoms with Crippen LogP contribution in [0.5, 0.6) is 0 Å². The summed E-state index contributed by atoms with van der Waals surface area (Å²) in [6.07, 6.45) is 2.21. The van der Waals surface area contributed by atoms with Crippen LogP contribution in [0.2, 0.25) is 5.02 Å². The maximum Gasteiger partial charge on any atom is 0.130 e. The summed E-state index contributed by atoms with van der Waals surface area (Å²) in [5.41, 5.74) is 7.15. The fraction of sp³-hybridized carbons (Fsp3) is 0.231. The summed E-state index contributed by atoms with van der Waals surface area (Å²) in [6.45, 7) is 2.14. The van der Waals surface area contributed by atoms with Gasteiger partial charge in [-0.3, -0.25) is 0 Å². The van der Waals surface area contributed by atoms with Gasteiger partial charge in [0.15, 0.2) is 0 Å². The number of benzene rings is 1. The van der Waals surface area contributed by atoms with Gasteiger partial charge in [-0.1, -0.05) is 11.6 Å². The lowest BCUT2D eigenvalue weighted by Gasteiger charge is -2.07. The Morgan fingerprint density at radius 3 is 2.89 bits per heavy atom. The van der Waals surface area contributed by atoms with Crippen molar-refractivity contribution in [2.24, 2.45) is 5.73 Å². The lowest BCUT2D eigenvalue weighted by Crippen LogP contribution is -2.06. The monoisotopic (exact) mass is 265 g/mol. The Morgan fingerprint density at radius 2 is 2.17 bits per heavy atom. The molecule has 3 nitrogen and oxygen atoms in total. The second-order valence-electron chi connectivity index (χ2n) is 3.98. The largest absolute Gasteiger partial charge is 0.330 e. The summed E-state index contributed by atoms with van der Waals surface area (Å²) < 4.78 is 13.6. The Morgan fingerprint density at radius 1 is 1.39 bits per heavy atom. The molecule has 5 heteroatoms. The van der Waals surface area contributed by atoms with Crippen LogP contribution in [0, 0.1) is 12.7 Å². The van der Waals surface area contributed by atoms with Crippen LogP contribution in [0.25, 0.3) is 11.3 Å². The van der Waals surface area contributed by atoms with Crippen LogP contribution in [-0.4, -0.2) is 16.5 Å². The topological polar surface area (TPSA) is 51.8 Å². The summed E-state index contributed by atoms with van der Waals surface area (Å²) in [7, 11) is 0. The third kappa shape index (κ3) is 2.66. The minimum atomic E-state index is -0.298. The van der Waals surface area contributed by atoms with Gasteiger partial charge in [0.2, 0.25) is 0 Å². The minimum Gasteiger partial charge on any atom is -0.330 e. The van der Waals surface area contributed by atoms with Crippen molar-refractivity contribution in [3.8, 4) is 11.3 Å². The first kappa shape index (κ1) is 12.9. The van der Waals surface area contributed by atoms with E-state index < -0.39 is 0 Å². The lowest BCUT2D eigenvalue weighted by molar-refractivity contribution is 0.619. The fourth-order valence-electron chi connectivity index (χ4n) is 1.64. The van der Waals surface area contributed by atoms with E-state index in [1.165, 1.54) is 6.07 Å². The van der Waals surface area contributed by atoms with Crippen molar-refractivity contribution < 1.29 is 4.39 Å². The fourth-order valence-corrected chi connectivity index (χ4v) is 1.96. The quantitative estimate of drug-likeness (QED) is 0.928. The molecule has 0 unspecified atom stereocenters. The van der Waals surface area contributed by atoms with E-state index in [1.54, 1.807) is 25.3 Å². The molecule has 0 spiro atoms. The van der Waals surface area contributed by atoms with E-state index in [1.807, 2.05) is 0 Å². The summed E-state index contributed by atoms with van der Waals surface area (Å²) in [4.78, 5) is 8.42. The molecule has 1 aromatic carbocycles. The number of aromatic nitrogens is 2. The zero-order valence-corrected chi connectivity index (χ0v) is 10.7. The van der Waals surface area contributed by atoms with Crippen molar-refractivity contribution in [3.63, 3.8) is 0 Å². The molecule has 0 saturated carbocycles. The molecule has 0 fully saturated rings. The minimum absolute atomic E-state index is 0.298. The molecule has 0 amide bonds. The number of aryl methyl sites for hydroxylation is 1. The van der Waals surface area contributed by atoms with Crippen LogP contribution in [0.4, 0.5) is 4.39 Å². The van der Waals surface area contributed by atoms with E-state index in [4.69, 9.17) is 17.3 Å². The van der Waals surface area contributed by atoms with E-state index >= 15 is 0 Å². The van der Waals surface area contributed by atoms with Crippen LogP contribution in [-0.2, 0) is 6.42 Å². The van der Waals surface area contributed by atoms with Gasteiger partial charge in [0.05, 0.1) is 10.7 Å². The normalized spacial score (nSPS) is 10.7. The maximum absolute atomic E-state index is 13.6. The van der Waals surface area contributed by atoms with Crippen molar-refractivity contribution in [1.82, 2.24) is 9.97 Å². The molecule has 2 N–H and O–H groups in total.